The lowest BCUT2D eigenvalue weighted by atomic mass is 10.0. The van der Waals surface area contributed by atoms with E-state index in [9.17, 15) is 9.59 Å². The number of carboxylic acids is 1. The monoisotopic (exact) mass is 248 g/mol. The van der Waals surface area contributed by atoms with Gasteiger partial charge in [0.2, 0.25) is 0 Å². The van der Waals surface area contributed by atoms with Crippen LogP contribution in [0.15, 0.2) is 24.5 Å². The average molecular weight is 248 g/mol. The molecule has 0 saturated carbocycles. The Balaban J connectivity index is 1.89. The topological polar surface area (TPSA) is 70.5 Å². The molecule has 1 aromatic heterocycles. The molecule has 1 amide bonds. The third-order valence-electron chi connectivity index (χ3n) is 3.25. The lowest BCUT2D eigenvalue weighted by molar-refractivity contribution is -0.137. The Bertz CT molecular complexity index is 433. The second kappa shape index (κ2) is 5.62. The number of aliphatic carboxylic acids is 1. The van der Waals surface area contributed by atoms with Crippen LogP contribution in [0.25, 0.3) is 0 Å². The van der Waals surface area contributed by atoms with Crippen molar-refractivity contribution in [1.29, 1.82) is 0 Å². The summed E-state index contributed by atoms with van der Waals surface area (Å²) in [4.78, 5) is 28.3. The molecule has 1 atom stereocenters. The van der Waals surface area contributed by atoms with Gasteiger partial charge in [-0.25, -0.2) is 0 Å². The van der Waals surface area contributed by atoms with Crippen LogP contribution in [0.5, 0.6) is 0 Å². The molecule has 2 heterocycles. The molecular formula is C13H16N2O3. The maximum atomic E-state index is 12.1. The van der Waals surface area contributed by atoms with Gasteiger partial charge in [0.1, 0.15) is 0 Å². The minimum absolute atomic E-state index is 0.0130. The van der Waals surface area contributed by atoms with Gasteiger partial charge in [-0.3, -0.25) is 14.6 Å². The van der Waals surface area contributed by atoms with Gasteiger partial charge in [0, 0.05) is 31.9 Å². The van der Waals surface area contributed by atoms with Crippen molar-refractivity contribution < 1.29 is 14.7 Å². The van der Waals surface area contributed by atoms with Crippen molar-refractivity contribution in [3.05, 3.63) is 30.1 Å². The molecule has 1 aliphatic heterocycles. The van der Waals surface area contributed by atoms with Crippen LogP contribution in [0, 0.1) is 5.92 Å². The first-order chi connectivity index (χ1) is 8.66. The number of aromatic nitrogens is 1. The van der Waals surface area contributed by atoms with Gasteiger partial charge in [-0.2, -0.15) is 0 Å². The molecule has 0 bridgehead atoms. The van der Waals surface area contributed by atoms with E-state index >= 15 is 0 Å². The quantitative estimate of drug-likeness (QED) is 0.874. The molecule has 0 aromatic carbocycles. The molecule has 5 heteroatoms. The first-order valence-electron chi connectivity index (χ1n) is 6.08. The number of hydrogen-bond donors (Lipinski definition) is 1. The first kappa shape index (κ1) is 12.5. The molecule has 5 nitrogen and oxygen atoms in total. The fraction of sp³-hybridized carbons (Fsp3) is 0.462. The number of rotatable bonds is 4. The molecule has 1 saturated heterocycles. The zero-order valence-electron chi connectivity index (χ0n) is 10.1. The fourth-order valence-electron chi connectivity index (χ4n) is 2.25. The molecule has 1 unspecified atom stereocenters. The lowest BCUT2D eigenvalue weighted by Gasteiger charge is -2.16. The molecule has 1 aromatic rings. The standard InChI is InChI=1S/C13H16N2O3/c16-12(17)4-3-10-5-7-15(9-10)13(18)11-2-1-6-14-8-11/h1-2,6,8,10H,3-5,7,9H2,(H,16,17). The number of pyridine rings is 1. The summed E-state index contributed by atoms with van der Waals surface area (Å²) in [6.07, 6.45) is 4.91. The van der Waals surface area contributed by atoms with Crippen molar-refractivity contribution in [2.24, 2.45) is 5.92 Å². The van der Waals surface area contributed by atoms with E-state index in [4.69, 9.17) is 5.11 Å². The molecule has 0 spiro atoms. The van der Waals surface area contributed by atoms with Crippen LogP contribution in [0.2, 0.25) is 0 Å². The van der Waals surface area contributed by atoms with E-state index in [0.29, 0.717) is 31.0 Å². The predicted octanol–water partition coefficient (Wildman–Crippen LogP) is 1.41. The highest BCUT2D eigenvalue weighted by Gasteiger charge is 2.27. The Hall–Kier alpha value is -1.91. The highest BCUT2D eigenvalue weighted by atomic mass is 16.4. The van der Waals surface area contributed by atoms with E-state index < -0.39 is 5.97 Å². The van der Waals surface area contributed by atoms with Crippen LogP contribution in [0.3, 0.4) is 0 Å². The molecule has 96 valence electrons. The average Bonchev–Trinajstić information content (AvgIpc) is 2.85. The molecular weight excluding hydrogens is 232 g/mol. The number of amides is 1. The van der Waals surface area contributed by atoms with Gasteiger partial charge in [-0.1, -0.05) is 0 Å². The summed E-state index contributed by atoms with van der Waals surface area (Å²) in [5.74, 6) is -0.477. The van der Waals surface area contributed by atoms with E-state index in [-0.39, 0.29) is 12.3 Å². The normalized spacial score (nSPS) is 18.9. The molecule has 0 radical (unpaired) electrons. The Morgan fingerprint density at radius 3 is 3.00 bits per heavy atom. The summed E-state index contributed by atoms with van der Waals surface area (Å²) in [5.41, 5.74) is 0.594. The SMILES string of the molecule is O=C(O)CCC1CCN(C(=O)c2cccnc2)C1. The zero-order valence-corrected chi connectivity index (χ0v) is 10.1. The van der Waals surface area contributed by atoms with Gasteiger partial charge in [0.05, 0.1) is 5.56 Å². The van der Waals surface area contributed by atoms with Gasteiger partial charge in [-0.05, 0) is 30.9 Å². The van der Waals surface area contributed by atoms with Crippen LogP contribution in [-0.4, -0.2) is 40.0 Å². The van der Waals surface area contributed by atoms with E-state index in [1.54, 1.807) is 29.4 Å². The van der Waals surface area contributed by atoms with Gasteiger partial charge >= 0.3 is 5.97 Å². The summed E-state index contributed by atoms with van der Waals surface area (Å²) in [6.45, 7) is 1.36. The summed E-state index contributed by atoms with van der Waals surface area (Å²) in [5, 5.41) is 8.64. The van der Waals surface area contributed by atoms with Crippen LogP contribution >= 0.6 is 0 Å². The number of carbonyl (C=O) groups excluding carboxylic acids is 1. The highest BCUT2D eigenvalue weighted by Crippen LogP contribution is 2.22. The largest absolute Gasteiger partial charge is 0.481 e. The van der Waals surface area contributed by atoms with Gasteiger partial charge in [-0.15, -0.1) is 0 Å². The van der Waals surface area contributed by atoms with E-state index in [1.807, 2.05) is 0 Å². The van der Waals surface area contributed by atoms with Crippen molar-refractivity contribution in [1.82, 2.24) is 9.88 Å². The summed E-state index contributed by atoms with van der Waals surface area (Å²) >= 11 is 0. The highest BCUT2D eigenvalue weighted by molar-refractivity contribution is 5.94. The number of likely N-dealkylation sites (tertiary alicyclic amines) is 1. The van der Waals surface area contributed by atoms with Crippen molar-refractivity contribution in [2.75, 3.05) is 13.1 Å². The minimum atomic E-state index is -0.771. The van der Waals surface area contributed by atoms with E-state index in [0.717, 1.165) is 6.42 Å². The van der Waals surface area contributed by atoms with Crippen LogP contribution in [0.1, 0.15) is 29.6 Å². The summed E-state index contributed by atoms with van der Waals surface area (Å²) in [7, 11) is 0. The van der Waals surface area contributed by atoms with Crippen LogP contribution in [-0.2, 0) is 4.79 Å². The Morgan fingerprint density at radius 2 is 2.33 bits per heavy atom. The third kappa shape index (κ3) is 3.06. The van der Waals surface area contributed by atoms with Crippen molar-refractivity contribution >= 4 is 11.9 Å². The van der Waals surface area contributed by atoms with E-state index in [1.165, 1.54) is 0 Å². The smallest absolute Gasteiger partial charge is 0.303 e. The first-order valence-corrected chi connectivity index (χ1v) is 6.08. The second-order valence-corrected chi connectivity index (χ2v) is 4.58. The molecule has 1 aliphatic rings. The van der Waals surface area contributed by atoms with Gasteiger partial charge in [0.25, 0.3) is 5.91 Å². The summed E-state index contributed by atoms with van der Waals surface area (Å²) < 4.78 is 0. The van der Waals surface area contributed by atoms with Crippen molar-refractivity contribution in [3.8, 4) is 0 Å². The molecule has 2 rings (SSSR count). The summed E-state index contributed by atoms with van der Waals surface area (Å²) in [6, 6.07) is 3.49. The second-order valence-electron chi connectivity index (χ2n) is 4.58. The Morgan fingerprint density at radius 1 is 1.50 bits per heavy atom. The third-order valence-corrected chi connectivity index (χ3v) is 3.25. The zero-order chi connectivity index (χ0) is 13.0. The Kier molecular flexibility index (Phi) is 3.92. The molecule has 1 N–H and O–H groups in total. The van der Waals surface area contributed by atoms with Gasteiger partial charge < -0.3 is 10.0 Å². The van der Waals surface area contributed by atoms with E-state index in [2.05, 4.69) is 4.98 Å². The van der Waals surface area contributed by atoms with Crippen LogP contribution < -0.4 is 0 Å². The van der Waals surface area contributed by atoms with Crippen LogP contribution in [0.4, 0.5) is 0 Å². The predicted molar refractivity (Wildman–Crippen MR) is 65.1 cm³/mol. The number of hydrogen-bond acceptors (Lipinski definition) is 3. The lowest BCUT2D eigenvalue weighted by Crippen LogP contribution is -2.28. The number of carbonyl (C=O) groups is 2. The molecule has 0 aliphatic carbocycles. The molecule has 18 heavy (non-hydrogen) atoms. The maximum absolute atomic E-state index is 12.1. The molecule has 1 fully saturated rings. The Labute approximate surface area is 105 Å². The van der Waals surface area contributed by atoms with Crippen molar-refractivity contribution in [2.45, 2.75) is 19.3 Å². The minimum Gasteiger partial charge on any atom is -0.481 e. The fourth-order valence-corrected chi connectivity index (χ4v) is 2.25. The maximum Gasteiger partial charge on any atom is 0.303 e. The van der Waals surface area contributed by atoms with Gasteiger partial charge in [0.15, 0.2) is 0 Å². The number of nitrogens with zero attached hydrogens (tertiary/aromatic N) is 2. The van der Waals surface area contributed by atoms with Crippen molar-refractivity contribution in [3.63, 3.8) is 0 Å². The number of carboxylic acid groups (broad SMARTS) is 1.